The summed E-state index contributed by atoms with van der Waals surface area (Å²) >= 11 is 1.84. The predicted octanol–water partition coefficient (Wildman–Crippen LogP) is 2.95. The second-order valence-electron chi connectivity index (χ2n) is 5.25. The molecule has 2 heterocycles. The number of ether oxygens (including phenoxy) is 2. The molecule has 2 unspecified atom stereocenters. The largest absolute Gasteiger partial charge is 0.490 e. The molecule has 0 radical (unpaired) electrons. The first-order chi connectivity index (χ1) is 9.20. The van der Waals surface area contributed by atoms with Gasteiger partial charge in [-0.25, -0.2) is 0 Å². The Balaban J connectivity index is 1.94. The third kappa shape index (κ3) is 2.43. The van der Waals surface area contributed by atoms with Gasteiger partial charge in [0.05, 0.1) is 13.2 Å². The predicted molar refractivity (Wildman–Crippen MR) is 77.1 cm³/mol. The van der Waals surface area contributed by atoms with Crippen LogP contribution in [0.4, 0.5) is 0 Å². The molecular formula is C15H20O3S. The van der Waals surface area contributed by atoms with Gasteiger partial charge in [0, 0.05) is 11.7 Å². The van der Waals surface area contributed by atoms with Gasteiger partial charge in [-0.05, 0) is 36.3 Å². The molecule has 1 fully saturated rings. The SMILES string of the molecule is CC1SCCCC1(O)c1ccc2c(c1)OCCCO2. The van der Waals surface area contributed by atoms with Crippen molar-refractivity contribution in [2.24, 2.45) is 0 Å². The summed E-state index contributed by atoms with van der Waals surface area (Å²) < 4.78 is 11.4. The van der Waals surface area contributed by atoms with Crippen LogP contribution in [-0.2, 0) is 5.60 Å². The smallest absolute Gasteiger partial charge is 0.161 e. The van der Waals surface area contributed by atoms with E-state index in [1.807, 2.05) is 30.0 Å². The fourth-order valence-corrected chi connectivity index (χ4v) is 3.95. The molecule has 0 aliphatic carbocycles. The lowest BCUT2D eigenvalue weighted by molar-refractivity contribution is 0.0252. The van der Waals surface area contributed by atoms with Crippen LogP contribution in [0.2, 0.25) is 0 Å². The zero-order valence-electron chi connectivity index (χ0n) is 11.2. The molecule has 0 bridgehead atoms. The van der Waals surface area contributed by atoms with Crippen molar-refractivity contribution >= 4 is 11.8 Å². The Morgan fingerprint density at radius 3 is 2.79 bits per heavy atom. The molecule has 3 nitrogen and oxygen atoms in total. The Bertz CT molecular complexity index is 463. The van der Waals surface area contributed by atoms with Crippen LogP contribution in [0.5, 0.6) is 11.5 Å². The van der Waals surface area contributed by atoms with Gasteiger partial charge in [0.2, 0.25) is 0 Å². The molecule has 0 amide bonds. The molecule has 3 rings (SSSR count). The van der Waals surface area contributed by atoms with E-state index in [0.29, 0.717) is 13.2 Å². The summed E-state index contributed by atoms with van der Waals surface area (Å²) in [5.74, 6) is 2.70. The van der Waals surface area contributed by atoms with Gasteiger partial charge in [0.15, 0.2) is 11.5 Å². The lowest BCUT2D eigenvalue weighted by Gasteiger charge is -2.38. The van der Waals surface area contributed by atoms with E-state index in [1.165, 1.54) is 0 Å². The minimum Gasteiger partial charge on any atom is -0.490 e. The molecule has 2 aliphatic heterocycles. The number of benzene rings is 1. The van der Waals surface area contributed by atoms with Gasteiger partial charge in [-0.15, -0.1) is 0 Å². The average Bonchev–Trinajstić information content (AvgIpc) is 2.66. The van der Waals surface area contributed by atoms with E-state index in [0.717, 1.165) is 42.1 Å². The molecule has 1 aromatic carbocycles. The quantitative estimate of drug-likeness (QED) is 0.858. The maximum absolute atomic E-state index is 11.0. The Hall–Kier alpha value is -0.870. The molecule has 1 saturated heterocycles. The summed E-state index contributed by atoms with van der Waals surface area (Å²) in [5, 5.41) is 11.2. The first-order valence-electron chi connectivity index (χ1n) is 6.94. The van der Waals surface area contributed by atoms with Crippen LogP contribution < -0.4 is 9.47 Å². The van der Waals surface area contributed by atoms with Crippen LogP contribution >= 0.6 is 11.8 Å². The van der Waals surface area contributed by atoms with E-state index in [1.54, 1.807) is 0 Å². The van der Waals surface area contributed by atoms with E-state index in [2.05, 4.69) is 6.92 Å². The number of hydrogen-bond acceptors (Lipinski definition) is 4. The molecule has 1 aromatic rings. The Kier molecular flexibility index (Phi) is 3.63. The highest BCUT2D eigenvalue weighted by Crippen LogP contribution is 2.43. The highest BCUT2D eigenvalue weighted by atomic mass is 32.2. The molecule has 4 heteroatoms. The Morgan fingerprint density at radius 1 is 1.21 bits per heavy atom. The second-order valence-corrected chi connectivity index (χ2v) is 6.70. The highest BCUT2D eigenvalue weighted by Gasteiger charge is 2.38. The van der Waals surface area contributed by atoms with Crippen molar-refractivity contribution in [2.45, 2.75) is 37.0 Å². The van der Waals surface area contributed by atoms with Gasteiger partial charge in [0.1, 0.15) is 5.60 Å². The normalized spacial score (nSPS) is 30.7. The lowest BCUT2D eigenvalue weighted by atomic mass is 9.86. The second kappa shape index (κ2) is 5.25. The monoisotopic (exact) mass is 280 g/mol. The first kappa shape index (κ1) is 13.1. The molecule has 2 atom stereocenters. The van der Waals surface area contributed by atoms with Crippen LogP contribution in [0.15, 0.2) is 18.2 Å². The number of fused-ring (bicyclic) bond motifs is 1. The fourth-order valence-electron chi connectivity index (χ4n) is 2.75. The summed E-state index contributed by atoms with van der Waals surface area (Å²) in [5.41, 5.74) is 0.213. The Morgan fingerprint density at radius 2 is 2.00 bits per heavy atom. The van der Waals surface area contributed by atoms with Crippen molar-refractivity contribution < 1.29 is 14.6 Å². The molecule has 2 aliphatic rings. The minimum atomic E-state index is -0.742. The van der Waals surface area contributed by atoms with Gasteiger partial charge in [-0.3, -0.25) is 0 Å². The minimum absolute atomic E-state index is 0.214. The van der Waals surface area contributed by atoms with Crippen molar-refractivity contribution in [3.63, 3.8) is 0 Å². The zero-order valence-corrected chi connectivity index (χ0v) is 12.0. The van der Waals surface area contributed by atoms with Gasteiger partial charge < -0.3 is 14.6 Å². The number of aliphatic hydroxyl groups is 1. The van der Waals surface area contributed by atoms with Crippen LogP contribution in [-0.4, -0.2) is 29.3 Å². The van der Waals surface area contributed by atoms with Crippen LogP contribution in [0.3, 0.4) is 0 Å². The molecule has 104 valence electrons. The van der Waals surface area contributed by atoms with Crippen LogP contribution in [0.1, 0.15) is 31.7 Å². The van der Waals surface area contributed by atoms with Gasteiger partial charge in [0.25, 0.3) is 0 Å². The van der Waals surface area contributed by atoms with Crippen molar-refractivity contribution in [1.82, 2.24) is 0 Å². The zero-order chi connectivity index (χ0) is 13.3. The van der Waals surface area contributed by atoms with E-state index in [4.69, 9.17) is 9.47 Å². The number of rotatable bonds is 1. The summed E-state index contributed by atoms with van der Waals surface area (Å²) in [4.78, 5) is 0. The fraction of sp³-hybridized carbons (Fsp3) is 0.600. The van der Waals surface area contributed by atoms with E-state index in [9.17, 15) is 5.11 Å². The van der Waals surface area contributed by atoms with Gasteiger partial charge in [-0.1, -0.05) is 13.0 Å². The van der Waals surface area contributed by atoms with Crippen LogP contribution in [0.25, 0.3) is 0 Å². The summed E-state index contributed by atoms with van der Waals surface area (Å²) in [6.45, 7) is 3.48. The van der Waals surface area contributed by atoms with Gasteiger partial charge >= 0.3 is 0 Å². The van der Waals surface area contributed by atoms with Crippen molar-refractivity contribution in [3.05, 3.63) is 23.8 Å². The standard InChI is InChI=1S/C15H20O3S/c1-11-15(16,6-2-9-19-11)12-4-5-13-14(10-12)18-8-3-7-17-13/h4-5,10-11,16H,2-3,6-9H2,1H3. The number of thioether (sulfide) groups is 1. The maximum atomic E-state index is 11.0. The van der Waals surface area contributed by atoms with Crippen molar-refractivity contribution in [2.75, 3.05) is 19.0 Å². The molecule has 19 heavy (non-hydrogen) atoms. The Labute approximate surface area is 118 Å². The summed E-state index contributed by atoms with van der Waals surface area (Å²) in [6, 6.07) is 5.87. The van der Waals surface area contributed by atoms with E-state index >= 15 is 0 Å². The van der Waals surface area contributed by atoms with Crippen LogP contribution in [0, 0.1) is 0 Å². The molecular weight excluding hydrogens is 260 g/mol. The van der Waals surface area contributed by atoms with Crippen molar-refractivity contribution in [3.8, 4) is 11.5 Å². The van der Waals surface area contributed by atoms with Crippen molar-refractivity contribution in [1.29, 1.82) is 0 Å². The van der Waals surface area contributed by atoms with E-state index in [-0.39, 0.29) is 5.25 Å². The lowest BCUT2D eigenvalue weighted by Crippen LogP contribution is -2.38. The molecule has 1 N–H and O–H groups in total. The highest BCUT2D eigenvalue weighted by molar-refractivity contribution is 8.00. The third-order valence-electron chi connectivity index (χ3n) is 3.99. The van der Waals surface area contributed by atoms with E-state index < -0.39 is 5.60 Å². The maximum Gasteiger partial charge on any atom is 0.161 e. The first-order valence-corrected chi connectivity index (χ1v) is 7.99. The van der Waals surface area contributed by atoms with Gasteiger partial charge in [-0.2, -0.15) is 11.8 Å². The molecule has 0 saturated carbocycles. The number of hydrogen-bond donors (Lipinski definition) is 1. The molecule has 0 spiro atoms. The summed E-state index contributed by atoms with van der Waals surface area (Å²) in [7, 11) is 0. The molecule has 0 aromatic heterocycles. The average molecular weight is 280 g/mol. The topological polar surface area (TPSA) is 38.7 Å². The summed E-state index contributed by atoms with van der Waals surface area (Å²) in [6.07, 6.45) is 2.78. The third-order valence-corrected chi connectivity index (χ3v) is 5.40.